The molecule has 20 heavy (non-hydrogen) atoms. The molecule has 1 aliphatic heterocycles. The van der Waals surface area contributed by atoms with Crippen molar-refractivity contribution in [2.24, 2.45) is 0 Å². The van der Waals surface area contributed by atoms with Crippen molar-refractivity contribution >= 4 is 17.5 Å². The van der Waals surface area contributed by atoms with Gasteiger partial charge >= 0.3 is 0 Å². The average molecular weight is 302 g/mol. The summed E-state index contributed by atoms with van der Waals surface area (Å²) in [4.78, 5) is 13.7. The zero-order valence-electron chi connectivity index (χ0n) is 12.7. The van der Waals surface area contributed by atoms with Crippen LogP contribution in [0.3, 0.4) is 0 Å². The number of amides is 1. The van der Waals surface area contributed by atoms with Crippen molar-refractivity contribution in [3.8, 4) is 0 Å². The molecule has 1 atom stereocenters. The first kappa shape index (κ1) is 16.1. The first-order chi connectivity index (χ1) is 9.53. The van der Waals surface area contributed by atoms with Gasteiger partial charge in [-0.1, -0.05) is 32.6 Å². The van der Waals surface area contributed by atoms with Gasteiger partial charge in [-0.25, -0.2) is 0 Å². The third-order valence-corrected chi connectivity index (χ3v) is 5.70. The Morgan fingerprint density at radius 3 is 2.25 bits per heavy atom. The highest BCUT2D eigenvalue weighted by Gasteiger charge is 2.55. The Balaban J connectivity index is 2.20. The third kappa shape index (κ3) is 2.99. The number of rotatable bonds is 4. The molecule has 2 aliphatic rings. The minimum absolute atomic E-state index is 0.0230. The van der Waals surface area contributed by atoms with E-state index in [1.807, 2.05) is 11.8 Å². The van der Waals surface area contributed by atoms with Gasteiger partial charge in [0.15, 0.2) is 4.87 Å². The van der Waals surface area contributed by atoms with Gasteiger partial charge in [0, 0.05) is 13.1 Å². The second-order valence-corrected chi connectivity index (χ2v) is 7.14. The fraction of sp³-hybridized carbons (Fsp3) is 0.938. The highest BCUT2D eigenvalue weighted by atomic mass is 35.5. The fourth-order valence-corrected chi connectivity index (χ4v) is 4.26. The lowest BCUT2D eigenvalue weighted by molar-refractivity contribution is -0.146. The molecule has 0 spiro atoms. The maximum absolute atomic E-state index is 12.9. The number of piperidine rings is 1. The van der Waals surface area contributed by atoms with E-state index in [9.17, 15) is 9.90 Å². The summed E-state index contributed by atoms with van der Waals surface area (Å²) in [5, 5.41) is 11.0. The predicted molar refractivity (Wildman–Crippen MR) is 82.0 cm³/mol. The van der Waals surface area contributed by atoms with Gasteiger partial charge in [0.05, 0.1) is 5.60 Å². The van der Waals surface area contributed by atoms with Gasteiger partial charge in [0.1, 0.15) is 0 Å². The van der Waals surface area contributed by atoms with Gasteiger partial charge in [-0.05, 0) is 38.5 Å². The minimum atomic E-state index is -1.11. The van der Waals surface area contributed by atoms with E-state index in [4.69, 9.17) is 11.6 Å². The van der Waals surface area contributed by atoms with Crippen LogP contribution in [0.5, 0.6) is 0 Å². The molecule has 1 heterocycles. The van der Waals surface area contributed by atoms with E-state index in [2.05, 4.69) is 0 Å². The Labute approximate surface area is 127 Å². The van der Waals surface area contributed by atoms with E-state index in [0.717, 1.165) is 51.6 Å². The molecule has 0 bridgehead atoms. The standard InChI is InChI=1S/C16H28ClNO2/c1-2-9-16(17,15(20)10-5-3-6-11-15)14(19)18-12-7-4-8-13-18/h20H,2-13H2,1H3. The van der Waals surface area contributed by atoms with Crippen molar-refractivity contribution in [3.05, 3.63) is 0 Å². The Bertz CT molecular complexity index is 335. The van der Waals surface area contributed by atoms with Crippen LogP contribution in [0.1, 0.15) is 71.1 Å². The second-order valence-electron chi connectivity index (χ2n) is 6.50. The lowest BCUT2D eigenvalue weighted by atomic mass is 9.72. The van der Waals surface area contributed by atoms with Crippen LogP contribution in [-0.2, 0) is 4.79 Å². The molecule has 2 rings (SSSR count). The number of hydrogen-bond acceptors (Lipinski definition) is 2. The van der Waals surface area contributed by atoms with Crippen LogP contribution >= 0.6 is 11.6 Å². The summed E-state index contributed by atoms with van der Waals surface area (Å²) in [5.41, 5.74) is -1.02. The maximum Gasteiger partial charge on any atom is 0.246 e. The number of hydrogen-bond donors (Lipinski definition) is 1. The average Bonchev–Trinajstić information content (AvgIpc) is 2.48. The van der Waals surface area contributed by atoms with Crippen LogP contribution in [-0.4, -0.2) is 39.5 Å². The zero-order chi connectivity index (χ0) is 14.6. The van der Waals surface area contributed by atoms with E-state index in [1.165, 1.54) is 6.42 Å². The molecule has 1 saturated heterocycles. The van der Waals surface area contributed by atoms with E-state index < -0.39 is 10.5 Å². The monoisotopic (exact) mass is 301 g/mol. The van der Waals surface area contributed by atoms with Crippen molar-refractivity contribution in [1.29, 1.82) is 0 Å². The summed E-state index contributed by atoms with van der Waals surface area (Å²) in [6.07, 6.45) is 9.12. The van der Waals surface area contributed by atoms with Crippen LogP contribution in [0.2, 0.25) is 0 Å². The van der Waals surface area contributed by atoms with E-state index >= 15 is 0 Å². The normalized spacial score (nSPS) is 26.1. The quantitative estimate of drug-likeness (QED) is 0.808. The Kier molecular flexibility index (Phi) is 5.36. The summed E-state index contributed by atoms with van der Waals surface area (Å²) in [6.45, 7) is 3.63. The van der Waals surface area contributed by atoms with Crippen LogP contribution in [0.15, 0.2) is 0 Å². The van der Waals surface area contributed by atoms with E-state index in [1.54, 1.807) is 0 Å². The molecular formula is C16H28ClNO2. The lowest BCUT2D eigenvalue weighted by Crippen LogP contribution is -2.61. The van der Waals surface area contributed by atoms with Crippen LogP contribution in [0.25, 0.3) is 0 Å². The molecule has 3 nitrogen and oxygen atoms in total. The van der Waals surface area contributed by atoms with Gasteiger partial charge in [0.2, 0.25) is 5.91 Å². The van der Waals surface area contributed by atoms with Crippen LogP contribution < -0.4 is 0 Å². The molecular weight excluding hydrogens is 274 g/mol. The molecule has 0 radical (unpaired) electrons. The summed E-state index contributed by atoms with van der Waals surface area (Å²) >= 11 is 6.80. The van der Waals surface area contributed by atoms with E-state index in [-0.39, 0.29) is 5.91 Å². The first-order valence-electron chi connectivity index (χ1n) is 8.24. The molecule has 1 amide bonds. The van der Waals surface area contributed by atoms with Crippen molar-refractivity contribution in [2.75, 3.05) is 13.1 Å². The molecule has 4 heteroatoms. The first-order valence-corrected chi connectivity index (χ1v) is 8.62. The Morgan fingerprint density at radius 2 is 1.70 bits per heavy atom. The topological polar surface area (TPSA) is 40.5 Å². The molecule has 2 fully saturated rings. The number of alkyl halides is 1. The van der Waals surface area contributed by atoms with Crippen molar-refractivity contribution < 1.29 is 9.90 Å². The van der Waals surface area contributed by atoms with Gasteiger partial charge < -0.3 is 10.0 Å². The number of aliphatic hydroxyl groups is 1. The molecule has 0 aromatic rings. The summed E-state index contributed by atoms with van der Waals surface area (Å²) in [5.74, 6) is -0.0230. The van der Waals surface area contributed by atoms with E-state index in [0.29, 0.717) is 19.3 Å². The Hall–Kier alpha value is -0.280. The predicted octanol–water partition coefficient (Wildman–Crippen LogP) is 3.47. The van der Waals surface area contributed by atoms with Crippen LogP contribution in [0, 0.1) is 0 Å². The molecule has 1 unspecified atom stereocenters. The second kappa shape index (κ2) is 6.65. The molecule has 1 aliphatic carbocycles. The van der Waals surface area contributed by atoms with Gasteiger partial charge in [-0.3, -0.25) is 4.79 Å². The van der Waals surface area contributed by atoms with Gasteiger partial charge in [-0.15, -0.1) is 11.6 Å². The molecule has 1 N–H and O–H groups in total. The minimum Gasteiger partial charge on any atom is -0.387 e. The highest BCUT2D eigenvalue weighted by Crippen LogP contribution is 2.45. The molecule has 1 saturated carbocycles. The lowest BCUT2D eigenvalue weighted by Gasteiger charge is -2.46. The number of nitrogens with zero attached hydrogens (tertiary/aromatic N) is 1. The number of likely N-dealkylation sites (tertiary alicyclic amines) is 1. The van der Waals surface area contributed by atoms with Gasteiger partial charge in [0.25, 0.3) is 0 Å². The SMILES string of the molecule is CCCC(Cl)(C(=O)N1CCCCC1)C1(O)CCCCC1. The van der Waals surface area contributed by atoms with Gasteiger partial charge in [-0.2, -0.15) is 0 Å². The molecule has 0 aromatic carbocycles. The summed E-state index contributed by atoms with van der Waals surface area (Å²) in [7, 11) is 0. The number of halogens is 1. The zero-order valence-corrected chi connectivity index (χ0v) is 13.4. The number of carbonyl (C=O) groups excluding carboxylic acids is 1. The van der Waals surface area contributed by atoms with Crippen molar-refractivity contribution in [1.82, 2.24) is 4.90 Å². The van der Waals surface area contributed by atoms with Crippen LogP contribution in [0.4, 0.5) is 0 Å². The number of carbonyl (C=O) groups is 1. The van der Waals surface area contributed by atoms with Crippen molar-refractivity contribution in [2.45, 2.75) is 81.6 Å². The Morgan fingerprint density at radius 1 is 1.15 bits per heavy atom. The smallest absolute Gasteiger partial charge is 0.246 e. The summed E-state index contributed by atoms with van der Waals surface area (Å²) in [6, 6.07) is 0. The largest absolute Gasteiger partial charge is 0.387 e. The third-order valence-electron chi connectivity index (χ3n) is 5.00. The highest BCUT2D eigenvalue weighted by molar-refractivity contribution is 6.35. The maximum atomic E-state index is 12.9. The molecule has 0 aromatic heterocycles. The molecule has 116 valence electrons. The van der Waals surface area contributed by atoms with Crippen molar-refractivity contribution in [3.63, 3.8) is 0 Å². The summed E-state index contributed by atoms with van der Waals surface area (Å²) < 4.78 is 0. The fourth-order valence-electron chi connectivity index (χ4n) is 3.76.